The Kier molecular flexibility index (Phi) is 5.10. The number of esters is 1. The standard InChI is InChI=1S/C10H17NO4/c1-2-15-9(12)3-5-11-10(13)8-4-6-14-7-8/h8H,2-7H2,1H3,(H,11,13). The number of hydrogen-bond acceptors (Lipinski definition) is 4. The average molecular weight is 215 g/mol. The van der Waals surface area contributed by atoms with Gasteiger partial charge in [-0.3, -0.25) is 9.59 Å². The maximum absolute atomic E-state index is 11.4. The first-order chi connectivity index (χ1) is 7.24. The van der Waals surface area contributed by atoms with Gasteiger partial charge in [-0.1, -0.05) is 0 Å². The van der Waals surface area contributed by atoms with Crippen molar-refractivity contribution in [3.8, 4) is 0 Å². The highest BCUT2D eigenvalue weighted by Gasteiger charge is 2.22. The maximum atomic E-state index is 11.4. The normalized spacial score (nSPS) is 19.9. The topological polar surface area (TPSA) is 64.6 Å². The van der Waals surface area contributed by atoms with Crippen molar-refractivity contribution in [2.24, 2.45) is 5.92 Å². The molecule has 1 aliphatic heterocycles. The predicted molar refractivity (Wildman–Crippen MR) is 53.2 cm³/mol. The van der Waals surface area contributed by atoms with Crippen LogP contribution in [-0.2, 0) is 19.1 Å². The number of carbonyl (C=O) groups excluding carboxylic acids is 2. The van der Waals surface area contributed by atoms with Crippen LogP contribution in [0.15, 0.2) is 0 Å². The largest absolute Gasteiger partial charge is 0.466 e. The molecule has 0 aromatic rings. The Morgan fingerprint density at radius 2 is 2.33 bits per heavy atom. The number of hydrogen-bond donors (Lipinski definition) is 1. The first kappa shape index (κ1) is 12.0. The van der Waals surface area contributed by atoms with Crippen LogP contribution < -0.4 is 5.32 Å². The fourth-order valence-corrected chi connectivity index (χ4v) is 1.41. The van der Waals surface area contributed by atoms with Gasteiger partial charge in [-0.25, -0.2) is 0 Å². The van der Waals surface area contributed by atoms with Crippen LogP contribution in [0.5, 0.6) is 0 Å². The van der Waals surface area contributed by atoms with Gasteiger partial charge in [-0.15, -0.1) is 0 Å². The van der Waals surface area contributed by atoms with Gasteiger partial charge in [-0.05, 0) is 13.3 Å². The van der Waals surface area contributed by atoms with E-state index in [1.54, 1.807) is 6.92 Å². The summed E-state index contributed by atoms with van der Waals surface area (Å²) in [6.45, 7) is 3.62. The van der Waals surface area contributed by atoms with Crippen molar-refractivity contribution in [3.05, 3.63) is 0 Å². The molecule has 0 bridgehead atoms. The monoisotopic (exact) mass is 215 g/mol. The smallest absolute Gasteiger partial charge is 0.307 e. The van der Waals surface area contributed by atoms with Gasteiger partial charge in [-0.2, -0.15) is 0 Å². The minimum atomic E-state index is -0.277. The summed E-state index contributed by atoms with van der Waals surface area (Å²) in [5.74, 6) is -0.357. The Hall–Kier alpha value is -1.10. The van der Waals surface area contributed by atoms with Crippen LogP contribution in [0, 0.1) is 5.92 Å². The molecule has 5 nitrogen and oxygen atoms in total. The number of ether oxygens (including phenoxy) is 2. The summed E-state index contributed by atoms with van der Waals surface area (Å²) in [6.07, 6.45) is 0.998. The molecule has 1 atom stereocenters. The third kappa shape index (κ3) is 4.29. The summed E-state index contributed by atoms with van der Waals surface area (Å²) in [7, 11) is 0. The Labute approximate surface area is 89.1 Å². The number of rotatable bonds is 5. The van der Waals surface area contributed by atoms with E-state index in [9.17, 15) is 9.59 Å². The highest BCUT2D eigenvalue weighted by Crippen LogP contribution is 2.11. The van der Waals surface area contributed by atoms with Gasteiger partial charge in [0.25, 0.3) is 0 Å². The highest BCUT2D eigenvalue weighted by atomic mass is 16.5. The van der Waals surface area contributed by atoms with E-state index in [-0.39, 0.29) is 24.2 Å². The predicted octanol–water partition coefficient (Wildman–Crippen LogP) is 0.0923. The zero-order chi connectivity index (χ0) is 11.1. The molecular weight excluding hydrogens is 198 g/mol. The molecule has 1 rings (SSSR count). The molecule has 15 heavy (non-hydrogen) atoms. The number of nitrogens with one attached hydrogen (secondary N) is 1. The van der Waals surface area contributed by atoms with Crippen molar-refractivity contribution in [3.63, 3.8) is 0 Å². The van der Waals surface area contributed by atoms with Crippen LogP contribution in [0.1, 0.15) is 19.8 Å². The van der Waals surface area contributed by atoms with Crippen LogP contribution in [0.4, 0.5) is 0 Å². The van der Waals surface area contributed by atoms with Crippen LogP contribution in [0.2, 0.25) is 0 Å². The second-order valence-electron chi connectivity index (χ2n) is 3.41. The van der Waals surface area contributed by atoms with Gasteiger partial charge in [0, 0.05) is 13.2 Å². The van der Waals surface area contributed by atoms with E-state index in [0.29, 0.717) is 26.4 Å². The van der Waals surface area contributed by atoms with Gasteiger partial charge >= 0.3 is 5.97 Å². The summed E-state index contributed by atoms with van der Waals surface area (Å²) in [5, 5.41) is 2.69. The van der Waals surface area contributed by atoms with E-state index < -0.39 is 0 Å². The Morgan fingerprint density at radius 1 is 1.53 bits per heavy atom. The van der Waals surface area contributed by atoms with E-state index in [1.165, 1.54) is 0 Å². The molecule has 1 aliphatic rings. The molecule has 0 aliphatic carbocycles. The quantitative estimate of drug-likeness (QED) is 0.660. The van der Waals surface area contributed by atoms with E-state index in [2.05, 4.69) is 5.32 Å². The van der Waals surface area contributed by atoms with Gasteiger partial charge in [0.15, 0.2) is 0 Å². The molecule has 0 aromatic heterocycles. The summed E-state index contributed by atoms with van der Waals surface area (Å²) < 4.78 is 9.83. The zero-order valence-corrected chi connectivity index (χ0v) is 8.95. The minimum absolute atomic E-state index is 0.0307. The fraction of sp³-hybridized carbons (Fsp3) is 0.800. The van der Waals surface area contributed by atoms with Gasteiger partial charge in [0.2, 0.25) is 5.91 Å². The average Bonchev–Trinajstić information content (AvgIpc) is 2.70. The molecule has 1 N–H and O–H groups in total. The van der Waals surface area contributed by atoms with E-state index >= 15 is 0 Å². The lowest BCUT2D eigenvalue weighted by atomic mass is 10.1. The molecule has 1 saturated heterocycles. The van der Waals surface area contributed by atoms with E-state index in [4.69, 9.17) is 9.47 Å². The van der Waals surface area contributed by atoms with Crippen molar-refractivity contribution in [1.29, 1.82) is 0 Å². The third-order valence-corrected chi connectivity index (χ3v) is 2.23. The van der Waals surface area contributed by atoms with Crippen LogP contribution in [-0.4, -0.2) is 38.2 Å². The van der Waals surface area contributed by atoms with Gasteiger partial charge < -0.3 is 14.8 Å². The molecule has 86 valence electrons. The lowest BCUT2D eigenvalue weighted by molar-refractivity contribution is -0.143. The highest BCUT2D eigenvalue weighted by molar-refractivity contribution is 5.79. The van der Waals surface area contributed by atoms with Crippen LogP contribution in [0.25, 0.3) is 0 Å². The van der Waals surface area contributed by atoms with Crippen molar-refractivity contribution in [2.45, 2.75) is 19.8 Å². The van der Waals surface area contributed by atoms with Crippen molar-refractivity contribution >= 4 is 11.9 Å². The second-order valence-corrected chi connectivity index (χ2v) is 3.41. The molecule has 0 spiro atoms. The molecule has 0 radical (unpaired) electrons. The summed E-state index contributed by atoms with van der Waals surface area (Å²) >= 11 is 0. The number of carbonyl (C=O) groups is 2. The first-order valence-electron chi connectivity index (χ1n) is 5.25. The van der Waals surface area contributed by atoms with Crippen LogP contribution in [0.3, 0.4) is 0 Å². The Balaban J connectivity index is 2.08. The summed E-state index contributed by atoms with van der Waals surface area (Å²) in [5.41, 5.74) is 0. The molecule has 0 saturated carbocycles. The van der Waals surface area contributed by atoms with E-state index in [0.717, 1.165) is 6.42 Å². The third-order valence-electron chi connectivity index (χ3n) is 2.23. The Morgan fingerprint density at radius 3 is 2.93 bits per heavy atom. The summed E-state index contributed by atoms with van der Waals surface area (Å²) in [4.78, 5) is 22.4. The SMILES string of the molecule is CCOC(=O)CCNC(=O)C1CCOC1. The maximum Gasteiger partial charge on any atom is 0.307 e. The number of amides is 1. The lowest BCUT2D eigenvalue weighted by Crippen LogP contribution is -2.32. The molecule has 1 unspecified atom stereocenters. The first-order valence-corrected chi connectivity index (χ1v) is 5.25. The molecule has 0 aromatic carbocycles. The molecule has 1 amide bonds. The van der Waals surface area contributed by atoms with Gasteiger partial charge in [0.05, 0.1) is 25.6 Å². The molecule has 1 fully saturated rings. The molecular formula is C10H17NO4. The Bertz CT molecular complexity index is 223. The second kappa shape index (κ2) is 6.40. The lowest BCUT2D eigenvalue weighted by Gasteiger charge is -2.08. The summed E-state index contributed by atoms with van der Waals surface area (Å²) in [6, 6.07) is 0. The van der Waals surface area contributed by atoms with Gasteiger partial charge in [0.1, 0.15) is 0 Å². The van der Waals surface area contributed by atoms with Crippen LogP contribution >= 0.6 is 0 Å². The fourth-order valence-electron chi connectivity index (χ4n) is 1.41. The molecule has 1 heterocycles. The molecule has 5 heteroatoms. The van der Waals surface area contributed by atoms with Crippen molar-refractivity contribution < 1.29 is 19.1 Å². The zero-order valence-electron chi connectivity index (χ0n) is 8.95. The van der Waals surface area contributed by atoms with Crippen molar-refractivity contribution in [2.75, 3.05) is 26.4 Å². The van der Waals surface area contributed by atoms with Crippen molar-refractivity contribution in [1.82, 2.24) is 5.32 Å². The van der Waals surface area contributed by atoms with E-state index in [1.807, 2.05) is 0 Å². The minimum Gasteiger partial charge on any atom is -0.466 e.